The van der Waals surface area contributed by atoms with Crippen LogP contribution < -0.4 is 0 Å². The van der Waals surface area contributed by atoms with Crippen LogP contribution in [0.5, 0.6) is 0 Å². The lowest BCUT2D eigenvalue weighted by molar-refractivity contribution is 1.28. The van der Waals surface area contributed by atoms with Gasteiger partial charge in [0.05, 0.1) is 0 Å². The van der Waals surface area contributed by atoms with Crippen molar-refractivity contribution in [2.45, 2.75) is 9.79 Å². The quantitative estimate of drug-likeness (QED) is 0.713. The van der Waals surface area contributed by atoms with Gasteiger partial charge in [-0.15, -0.1) is 0 Å². The van der Waals surface area contributed by atoms with Crippen molar-refractivity contribution < 1.29 is 0 Å². The highest BCUT2D eigenvalue weighted by atomic mass is 32.2. The number of thioether (sulfide) groups is 2. The Balaban J connectivity index is 2.19. The van der Waals surface area contributed by atoms with Gasteiger partial charge in [-0.05, 0) is 22.9 Å². The molecule has 0 N–H and O–H groups in total. The smallest absolute Gasteiger partial charge is 0.114 e. The molecule has 0 radical (unpaired) electrons. The van der Waals surface area contributed by atoms with Gasteiger partial charge in [0.2, 0.25) is 0 Å². The summed E-state index contributed by atoms with van der Waals surface area (Å²) in [6.45, 7) is 0. The molecule has 0 saturated carbocycles. The zero-order valence-electron chi connectivity index (χ0n) is 9.18. The Bertz CT molecular complexity index is 699. The van der Waals surface area contributed by atoms with Gasteiger partial charge in [0, 0.05) is 9.79 Å². The minimum absolute atomic E-state index is 0.491. The monoisotopic (exact) mass is 266 g/mol. The molecule has 0 amide bonds. The van der Waals surface area contributed by atoms with E-state index < -0.39 is 0 Å². The molecule has 1 heterocycles. The lowest BCUT2D eigenvalue weighted by atomic mass is 10.1. The highest BCUT2D eigenvalue weighted by molar-refractivity contribution is 8.09. The van der Waals surface area contributed by atoms with Crippen LogP contribution in [0.1, 0.15) is 0 Å². The van der Waals surface area contributed by atoms with E-state index in [9.17, 15) is 0 Å². The van der Waals surface area contributed by atoms with Crippen LogP contribution >= 0.6 is 23.5 Å². The first-order valence-electron chi connectivity index (χ1n) is 5.25. The van der Waals surface area contributed by atoms with Crippen molar-refractivity contribution in [3.63, 3.8) is 0 Å². The molecule has 2 aromatic rings. The molecular formula is C14H6N2S2. The van der Waals surface area contributed by atoms with Crippen molar-refractivity contribution in [1.82, 2.24) is 0 Å². The van der Waals surface area contributed by atoms with Crippen LogP contribution in [-0.4, -0.2) is 0 Å². The Morgan fingerprint density at radius 2 is 1.22 bits per heavy atom. The molecule has 0 bridgehead atoms. The molecule has 84 valence electrons. The maximum Gasteiger partial charge on any atom is 0.114 e. The van der Waals surface area contributed by atoms with Crippen LogP contribution in [0, 0.1) is 22.7 Å². The Labute approximate surface area is 113 Å². The molecule has 2 aromatic carbocycles. The van der Waals surface area contributed by atoms with Gasteiger partial charge >= 0.3 is 0 Å². The number of rotatable bonds is 0. The molecule has 1 aliphatic rings. The van der Waals surface area contributed by atoms with E-state index in [1.54, 1.807) is 0 Å². The molecule has 0 atom stereocenters. The van der Waals surface area contributed by atoms with Gasteiger partial charge in [-0.3, -0.25) is 0 Å². The zero-order chi connectivity index (χ0) is 12.5. The van der Waals surface area contributed by atoms with Gasteiger partial charge < -0.3 is 0 Å². The van der Waals surface area contributed by atoms with Crippen molar-refractivity contribution >= 4 is 34.3 Å². The van der Waals surface area contributed by atoms with Crippen molar-refractivity contribution in [2.75, 3.05) is 0 Å². The molecule has 18 heavy (non-hydrogen) atoms. The number of hydrogen-bond donors (Lipinski definition) is 0. The molecule has 3 rings (SSSR count). The lowest BCUT2D eigenvalue weighted by Crippen LogP contribution is -1.90. The first-order valence-corrected chi connectivity index (χ1v) is 6.88. The van der Waals surface area contributed by atoms with Crippen LogP contribution in [0.3, 0.4) is 0 Å². The SMILES string of the molecule is N#CC1=C(C#N)Sc2cc3ccccc3cc2S1. The van der Waals surface area contributed by atoms with Crippen LogP contribution in [0.4, 0.5) is 0 Å². The average Bonchev–Trinajstić information content (AvgIpc) is 2.43. The van der Waals surface area contributed by atoms with Gasteiger partial charge in [0.1, 0.15) is 21.9 Å². The fraction of sp³-hybridized carbons (Fsp3) is 0. The van der Waals surface area contributed by atoms with Crippen LogP contribution in [-0.2, 0) is 0 Å². The summed E-state index contributed by atoms with van der Waals surface area (Å²) in [5.41, 5.74) is 0. The molecule has 4 heteroatoms. The predicted octanol–water partition coefficient (Wildman–Crippen LogP) is 4.30. The second-order valence-electron chi connectivity index (χ2n) is 3.73. The second-order valence-corrected chi connectivity index (χ2v) is 5.84. The fourth-order valence-electron chi connectivity index (χ4n) is 1.82. The van der Waals surface area contributed by atoms with Crippen molar-refractivity contribution in [3.8, 4) is 12.1 Å². The second kappa shape index (κ2) is 4.42. The summed E-state index contributed by atoms with van der Waals surface area (Å²) in [7, 11) is 0. The number of allylic oxidation sites excluding steroid dienone is 2. The Morgan fingerprint density at radius 3 is 1.61 bits per heavy atom. The first-order chi connectivity index (χ1) is 8.81. The minimum Gasteiger partial charge on any atom is -0.192 e. The molecule has 0 aliphatic carbocycles. The highest BCUT2D eigenvalue weighted by Gasteiger charge is 2.20. The minimum atomic E-state index is 0.491. The summed E-state index contributed by atoms with van der Waals surface area (Å²) < 4.78 is 0. The number of benzene rings is 2. The van der Waals surface area contributed by atoms with E-state index in [-0.39, 0.29) is 0 Å². The Kier molecular flexibility index (Phi) is 2.76. The largest absolute Gasteiger partial charge is 0.192 e. The van der Waals surface area contributed by atoms with Crippen LogP contribution in [0.2, 0.25) is 0 Å². The Hall–Kier alpha value is -1.88. The molecule has 2 nitrogen and oxygen atoms in total. The van der Waals surface area contributed by atoms with E-state index >= 15 is 0 Å². The van der Waals surface area contributed by atoms with E-state index in [1.165, 1.54) is 23.5 Å². The van der Waals surface area contributed by atoms with Crippen molar-refractivity contribution in [3.05, 3.63) is 46.2 Å². The average molecular weight is 266 g/mol. The van der Waals surface area contributed by atoms with Gasteiger partial charge in [0.25, 0.3) is 0 Å². The number of hydrogen-bond acceptors (Lipinski definition) is 4. The first kappa shape index (κ1) is 11.2. The zero-order valence-corrected chi connectivity index (χ0v) is 10.8. The summed E-state index contributed by atoms with van der Waals surface area (Å²) in [6, 6.07) is 16.4. The van der Waals surface area contributed by atoms with E-state index in [0.717, 1.165) is 20.6 Å². The summed E-state index contributed by atoms with van der Waals surface area (Å²) in [6.07, 6.45) is 0. The third-order valence-corrected chi connectivity index (χ3v) is 5.02. The topological polar surface area (TPSA) is 47.6 Å². The molecule has 1 aliphatic heterocycles. The maximum absolute atomic E-state index is 9.04. The molecule has 0 spiro atoms. The number of nitriles is 2. The van der Waals surface area contributed by atoms with Gasteiger partial charge in [-0.2, -0.15) is 10.5 Å². The Morgan fingerprint density at radius 1 is 0.778 bits per heavy atom. The number of fused-ring (bicyclic) bond motifs is 2. The van der Waals surface area contributed by atoms with Crippen LogP contribution in [0.25, 0.3) is 10.8 Å². The van der Waals surface area contributed by atoms with Gasteiger partial charge in [0.15, 0.2) is 0 Å². The summed E-state index contributed by atoms with van der Waals surface area (Å²) in [5, 5.41) is 20.4. The van der Waals surface area contributed by atoms with E-state index in [2.05, 4.69) is 36.4 Å². The summed E-state index contributed by atoms with van der Waals surface area (Å²) >= 11 is 2.76. The van der Waals surface area contributed by atoms with E-state index in [1.807, 2.05) is 12.1 Å². The molecular weight excluding hydrogens is 260 g/mol. The van der Waals surface area contributed by atoms with E-state index in [0.29, 0.717) is 9.81 Å². The van der Waals surface area contributed by atoms with Gasteiger partial charge in [-0.25, -0.2) is 0 Å². The molecule has 0 aromatic heterocycles. The normalized spacial score (nSPS) is 13.9. The third-order valence-electron chi connectivity index (χ3n) is 2.65. The number of nitrogens with zero attached hydrogens (tertiary/aromatic N) is 2. The molecule has 0 fully saturated rings. The standard InChI is InChI=1S/C14H6N2S2/c15-7-13-14(8-16)18-12-6-10-4-2-1-3-9(10)5-11(12)17-13/h1-6H. The third kappa shape index (κ3) is 1.76. The summed E-state index contributed by atoms with van der Waals surface area (Å²) in [4.78, 5) is 3.08. The lowest BCUT2D eigenvalue weighted by Gasteiger charge is -2.15. The fourth-order valence-corrected chi connectivity index (χ4v) is 3.82. The van der Waals surface area contributed by atoms with Crippen LogP contribution in [0.15, 0.2) is 56.0 Å². The maximum atomic E-state index is 9.04. The molecule has 0 saturated heterocycles. The molecule has 0 unspecified atom stereocenters. The van der Waals surface area contributed by atoms with Crippen molar-refractivity contribution in [1.29, 1.82) is 10.5 Å². The van der Waals surface area contributed by atoms with Gasteiger partial charge in [-0.1, -0.05) is 47.8 Å². The van der Waals surface area contributed by atoms with E-state index in [4.69, 9.17) is 10.5 Å². The predicted molar refractivity (Wildman–Crippen MR) is 73.9 cm³/mol. The summed E-state index contributed by atoms with van der Waals surface area (Å²) in [5.74, 6) is 0. The van der Waals surface area contributed by atoms with Crippen molar-refractivity contribution in [2.24, 2.45) is 0 Å². The highest BCUT2D eigenvalue weighted by Crippen LogP contribution is 2.47.